The van der Waals surface area contributed by atoms with Crippen LogP contribution in [0, 0.1) is 0 Å². The van der Waals surface area contributed by atoms with Gasteiger partial charge in [0.15, 0.2) is 4.93 Å². The molecule has 1 N–H and O–H groups in total. The molecule has 1 amide bonds. The Kier molecular flexibility index (Phi) is 3.06. The number of anilines is 1. The first-order valence-corrected chi connectivity index (χ1v) is 6.06. The van der Waals surface area contributed by atoms with Gasteiger partial charge in [0.1, 0.15) is 0 Å². The highest BCUT2D eigenvalue weighted by molar-refractivity contribution is 8.01. The van der Waals surface area contributed by atoms with Gasteiger partial charge < -0.3 is 5.11 Å². The zero-order chi connectivity index (χ0) is 13.6. The second-order valence-corrected chi connectivity index (χ2v) is 5.38. The van der Waals surface area contributed by atoms with E-state index in [9.17, 15) is 23.1 Å². The summed E-state index contributed by atoms with van der Waals surface area (Å²) in [5.41, 5.74) is -0.676. The summed E-state index contributed by atoms with van der Waals surface area (Å²) < 4.78 is 37.6. The molecule has 1 saturated heterocycles. The van der Waals surface area contributed by atoms with Crippen LogP contribution in [-0.4, -0.2) is 21.8 Å². The molecule has 1 aliphatic heterocycles. The number of thioether (sulfide) groups is 1. The molecule has 0 radical (unpaired) electrons. The van der Waals surface area contributed by atoms with Crippen LogP contribution in [0.25, 0.3) is 0 Å². The molecule has 0 bridgehead atoms. The van der Waals surface area contributed by atoms with Crippen molar-refractivity contribution < 1.29 is 23.1 Å². The first kappa shape index (κ1) is 13.2. The molecule has 3 nitrogen and oxygen atoms in total. The predicted molar refractivity (Wildman–Crippen MR) is 62.0 cm³/mol. The second kappa shape index (κ2) is 4.17. The van der Waals surface area contributed by atoms with Crippen LogP contribution in [-0.2, 0) is 11.0 Å². The largest absolute Gasteiger partial charge is 0.416 e. The van der Waals surface area contributed by atoms with Crippen molar-refractivity contribution in [3.8, 4) is 0 Å². The predicted octanol–water partition coefficient (Wildman–Crippen LogP) is 2.45. The molecule has 0 aliphatic carbocycles. The molecule has 1 aliphatic rings. The van der Waals surface area contributed by atoms with E-state index in [1.54, 1.807) is 0 Å². The van der Waals surface area contributed by atoms with Gasteiger partial charge >= 0.3 is 6.18 Å². The van der Waals surface area contributed by atoms with Crippen LogP contribution >= 0.6 is 11.8 Å². The van der Waals surface area contributed by atoms with Gasteiger partial charge in [-0.05, 0) is 25.1 Å². The molecule has 98 valence electrons. The highest BCUT2D eigenvalue weighted by Gasteiger charge is 2.43. The first-order chi connectivity index (χ1) is 8.22. The third kappa shape index (κ3) is 2.32. The van der Waals surface area contributed by atoms with Crippen molar-refractivity contribution in [3.63, 3.8) is 0 Å². The number of carbonyl (C=O) groups is 1. The maximum atomic E-state index is 12.5. The Morgan fingerprint density at radius 3 is 2.61 bits per heavy atom. The van der Waals surface area contributed by atoms with Crippen molar-refractivity contribution in [2.45, 2.75) is 18.0 Å². The minimum absolute atomic E-state index is 0.132. The molecule has 1 aromatic rings. The lowest BCUT2D eigenvalue weighted by molar-refractivity contribution is -0.137. The molecule has 1 aromatic carbocycles. The van der Waals surface area contributed by atoms with Crippen LogP contribution < -0.4 is 4.90 Å². The van der Waals surface area contributed by atoms with E-state index >= 15 is 0 Å². The van der Waals surface area contributed by atoms with Gasteiger partial charge in [-0.25, -0.2) is 0 Å². The Morgan fingerprint density at radius 2 is 2.11 bits per heavy atom. The van der Waals surface area contributed by atoms with Crippen LogP contribution in [0.4, 0.5) is 18.9 Å². The second-order valence-electron chi connectivity index (χ2n) is 4.04. The number of alkyl halides is 3. The number of amides is 1. The quantitative estimate of drug-likeness (QED) is 0.857. The number of aliphatic hydroxyl groups is 1. The zero-order valence-electron chi connectivity index (χ0n) is 9.36. The average molecular weight is 277 g/mol. The molecule has 1 fully saturated rings. The molecule has 0 spiro atoms. The van der Waals surface area contributed by atoms with Crippen LogP contribution in [0.3, 0.4) is 0 Å². The lowest BCUT2D eigenvalue weighted by atomic mass is 10.1. The monoisotopic (exact) mass is 277 g/mol. The minimum atomic E-state index is -4.45. The van der Waals surface area contributed by atoms with Crippen molar-refractivity contribution >= 4 is 23.4 Å². The Bertz CT molecular complexity index is 487. The maximum Gasteiger partial charge on any atom is 0.416 e. The maximum absolute atomic E-state index is 12.5. The normalized spacial score (nSPS) is 24.7. The van der Waals surface area contributed by atoms with Crippen molar-refractivity contribution in [2.24, 2.45) is 0 Å². The molecule has 0 saturated carbocycles. The SMILES string of the molecule is CC1(O)SCN(c2cccc(C(F)(F)F)c2)C1=O. The van der Waals surface area contributed by atoms with Gasteiger partial charge in [0.2, 0.25) is 0 Å². The lowest BCUT2D eigenvalue weighted by Crippen LogP contribution is -2.36. The number of nitrogens with zero attached hydrogens (tertiary/aromatic N) is 1. The molecular weight excluding hydrogens is 267 g/mol. The minimum Gasteiger partial charge on any atom is -0.371 e. The van der Waals surface area contributed by atoms with Crippen LogP contribution in [0.5, 0.6) is 0 Å². The van der Waals surface area contributed by atoms with Gasteiger partial charge in [-0.15, -0.1) is 0 Å². The molecule has 1 heterocycles. The summed E-state index contributed by atoms with van der Waals surface area (Å²) >= 11 is 0.975. The lowest BCUT2D eigenvalue weighted by Gasteiger charge is -2.18. The van der Waals surface area contributed by atoms with E-state index in [2.05, 4.69) is 0 Å². The number of benzene rings is 1. The van der Waals surface area contributed by atoms with E-state index in [0.717, 1.165) is 28.8 Å². The summed E-state index contributed by atoms with van der Waals surface area (Å²) in [6.07, 6.45) is -4.45. The fraction of sp³-hybridized carbons (Fsp3) is 0.364. The first-order valence-electron chi connectivity index (χ1n) is 5.07. The van der Waals surface area contributed by atoms with E-state index in [1.165, 1.54) is 19.1 Å². The van der Waals surface area contributed by atoms with Crippen molar-refractivity contribution in [1.29, 1.82) is 0 Å². The van der Waals surface area contributed by atoms with Crippen molar-refractivity contribution in [3.05, 3.63) is 29.8 Å². The van der Waals surface area contributed by atoms with Crippen LogP contribution in [0.2, 0.25) is 0 Å². The fourth-order valence-electron chi connectivity index (χ4n) is 1.60. The Morgan fingerprint density at radius 1 is 1.44 bits per heavy atom. The summed E-state index contributed by atoms with van der Waals surface area (Å²) in [5.74, 6) is -0.473. The number of halogens is 3. The molecule has 18 heavy (non-hydrogen) atoms. The Labute approximate surface area is 106 Å². The van der Waals surface area contributed by atoms with E-state index in [0.29, 0.717) is 0 Å². The zero-order valence-corrected chi connectivity index (χ0v) is 10.2. The summed E-state index contributed by atoms with van der Waals surface area (Å²) in [6, 6.07) is 4.49. The number of hydrogen-bond donors (Lipinski definition) is 1. The Balaban J connectivity index is 2.34. The van der Waals surface area contributed by atoms with Gasteiger partial charge in [-0.2, -0.15) is 13.2 Å². The van der Waals surface area contributed by atoms with Crippen LogP contribution in [0.1, 0.15) is 12.5 Å². The van der Waals surface area contributed by atoms with Gasteiger partial charge in [0.25, 0.3) is 5.91 Å². The molecular formula is C11H10F3NO2S. The topological polar surface area (TPSA) is 40.5 Å². The molecule has 1 unspecified atom stereocenters. The van der Waals surface area contributed by atoms with Crippen LogP contribution in [0.15, 0.2) is 24.3 Å². The van der Waals surface area contributed by atoms with Crippen molar-refractivity contribution in [1.82, 2.24) is 0 Å². The highest BCUT2D eigenvalue weighted by Crippen LogP contribution is 2.37. The molecule has 7 heteroatoms. The fourth-order valence-corrected chi connectivity index (χ4v) is 2.48. The van der Waals surface area contributed by atoms with E-state index < -0.39 is 22.6 Å². The third-order valence-corrected chi connectivity index (χ3v) is 3.73. The summed E-state index contributed by atoms with van der Waals surface area (Å²) in [4.78, 5) is 11.3. The van der Waals surface area contributed by atoms with E-state index in [4.69, 9.17) is 0 Å². The molecule has 1 atom stereocenters. The number of carbonyl (C=O) groups excluding carboxylic acids is 1. The van der Waals surface area contributed by atoms with Gasteiger partial charge in [0.05, 0.1) is 11.4 Å². The Hall–Kier alpha value is -1.21. The third-order valence-electron chi connectivity index (χ3n) is 2.60. The van der Waals surface area contributed by atoms with E-state index in [1.807, 2.05) is 0 Å². The highest BCUT2D eigenvalue weighted by atomic mass is 32.2. The smallest absolute Gasteiger partial charge is 0.371 e. The van der Waals surface area contributed by atoms with E-state index in [-0.39, 0.29) is 11.6 Å². The number of rotatable bonds is 1. The standard InChI is InChI=1S/C11H10F3NO2S/c1-10(17)9(16)15(6-18-10)8-4-2-3-7(5-8)11(12,13)14/h2-5,17H,6H2,1H3. The summed E-state index contributed by atoms with van der Waals surface area (Å²) in [7, 11) is 0. The van der Waals surface area contributed by atoms with Gasteiger partial charge in [-0.3, -0.25) is 9.69 Å². The molecule has 2 rings (SSSR count). The average Bonchev–Trinajstić information content (AvgIpc) is 2.53. The van der Waals surface area contributed by atoms with Gasteiger partial charge in [0, 0.05) is 5.69 Å². The van der Waals surface area contributed by atoms with Gasteiger partial charge in [-0.1, -0.05) is 17.8 Å². The number of hydrogen-bond acceptors (Lipinski definition) is 3. The summed E-state index contributed by atoms with van der Waals surface area (Å²) in [6.45, 7) is 1.33. The summed E-state index contributed by atoms with van der Waals surface area (Å²) in [5, 5.41) is 9.67. The molecule has 0 aromatic heterocycles. The van der Waals surface area contributed by atoms with Crippen molar-refractivity contribution in [2.75, 3.05) is 10.8 Å².